The molecule has 1 amide bonds. The molecule has 1 aromatic heterocycles. The van der Waals surface area contributed by atoms with Gasteiger partial charge in [0, 0.05) is 18.0 Å². The fraction of sp³-hybridized carbons (Fsp3) is 0.583. The number of nitrogens with one attached hydrogen (secondary N) is 2. The summed E-state index contributed by atoms with van der Waals surface area (Å²) >= 11 is 0. The Hall–Kier alpha value is -2.94. The first-order chi connectivity index (χ1) is 16.0. The number of rotatable bonds is 5. The Morgan fingerprint density at radius 1 is 1.09 bits per heavy atom. The standard InChI is InChI=1S/C24H34N8O/c1-14-6-7-17-16(12-14)21(28-18-4-2-3-5-19(18)30-24(25)26)31-22(27-17)23(33)29-20-13-32-10-8-15(20)9-11-32/h6-7,12,15,18-20H,2-5,8-11,13H2,1H3,(H,29,33)(H4,25,26,30)(H,27,28,31). The van der Waals surface area contributed by atoms with E-state index >= 15 is 0 Å². The molecule has 4 aliphatic rings. The monoisotopic (exact) mass is 450 g/mol. The average molecular weight is 451 g/mol. The van der Waals surface area contributed by atoms with Crippen LogP contribution in [0.5, 0.6) is 0 Å². The number of benzene rings is 1. The maximum atomic E-state index is 13.2. The van der Waals surface area contributed by atoms with Crippen molar-refractivity contribution in [2.75, 3.05) is 25.0 Å². The summed E-state index contributed by atoms with van der Waals surface area (Å²) in [7, 11) is 0. The Morgan fingerprint density at radius 3 is 2.61 bits per heavy atom. The van der Waals surface area contributed by atoms with E-state index in [-0.39, 0.29) is 35.8 Å². The maximum Gasteiger partial charge on any atom is 0.289 e. The van der Waals surface area contributed by atoms with Gasteiger partial charge < -0.3 is 27.0 Å². The Balaban J connectivity index is 1.44. The van der Waals surface area contributed by atoms with Gasteiger partial charge in [0.05, 0.1) is 17.6 Å². The van der Waals surface area contributed by atoms with Crippen LogP contribution in [-0.2, 0) is 0 Å². The van der Waals surface area contributed by atoms with Crippen molar-refractivity contribution in [2.24, 2.45) is 22.4 Å². The summed E-state index contributed by atoms with van der Waals surface area (Å²) in [4.78, 5) is 29.4. The lowest BCUT2D eigenvalue weighted by molar-refractivity contribution is 0.0615. The number of anilines is 1. The maximum absolute atomic E-state index is 13.2. The molecule has 3 atom stereocenters. The molecule has 3 saturated heterocycles. The number of hydrogen-bond acceptors (Lipinski definition) is 6. The van der Waals surface area contributed by atoms with Crippen LogP contribution >= 0.6 is 0 Å². The van der Waals surface area contributed by atoms with Gasteiger partial charge in [0.15, 0.2) is 5.96 Å². The number of carbonyl (C=O) groups excluding carboxylic acids is 1. The van der Waals surface area contributed by atoms with Gasteiger partial charge in [0.1, 0.15) is 5.82 Å². The Morgan fingerprint density at radius 2 is 1.88 bits per heavy atom. The highest BCUT2D eigenvalue weighted by Gasteiger charge is 2.35. The van der Waals surface area contributed by atoms with E-state index in [4.69, 9.17) is 16.5 Å². The van der Waals surface area contributed by atoms with Crippen LogP contribution in [0, 0.1) is 12.8 Å². The minimum Gasteiger partial charge on any atom is -0.370 e. The molecule has 3 unspecified atom stereocenters. The summed E-state index contributed by atoms with van der Waals surface area (Å²) in [6.07, 6.45) is 6.34. The molecule has 6 rings (SSSR count). The Kier molecular flexibility index (Phi) is 6.05. The highest BCUT2D eigenvalue weighted by Crippen LogP contribution is 2.29. The van der Waals surface area contributed by atoms with Crippen LogP contribution in [0.4, 0.5) is 5.82 Å². The summed E-state index contributed by atoms with van der Waals surface area (Å²) in [5.41, 5.74) is 13.2. The number of nitrogens with zero attached hydrogens (tertiary/aromatic N) is 4. The topological polar surface area (TPSA) is 135 Å². The summed E-state index contributed by atoms with van der Waals surface area (Å²) in [6, 6.07) is 6.23. The molecule has 3 aliphatic heterocycles. The Labute approximate surface area is 194 Å². The molecule has 2 aromatic rings. The average Bonchev–Trinajstić information content (AvgIpc) is 2.81. The zero-order chi connectivity index (χ0) is 22.9. The predicted octanol–water partition coefficient (Wildman–Crippen LogP) is 1.76. The number of hydrogen-bond donors (Lipinski definition) is 4. The van der Waals surface area contributed by atoms with Crippen molar-refractivity contribution in [1.82, 2.24) is 20.2 Å². The van der Waals surface area contributed by atoms with Crippen molar-refractivity contribution in [3.05, 3.63) is 29.6 Å². The van der Waals surface area contributed by atoms with Gasteiger partial charge in [-0.15, -0.1) is 0 Å². The summed E-state index contributed by atoms with van der Waals surface area (Å²) < 4.78 is 0. The molecule has 0 spiro atoms. The molecular weight excluding hydrogens is 416 g/mol. The summed E-state index contributed by atoms with van der Waals surface area (Å²) in [5.74, 6) is 1.32. The third kappa shape index (κ3) is 4.73. The van der Waals surface area contributed by atoms with Crippen LogP contribution in [0.15, 0.2) is 23.2 Å². The van der Waals surface area contributed by atoms with Crippen LogP contribution in [-0.4, -0.2) is 64.5 Å². The lowest BCUT2D eigenvalue weighted by atomic mass is 9.84. The van der Waals surface area contributed by atoms with Crippen molar-refractivity contribution < 1.29 is 4.79 Å². The molecular formula is C24H34N8O. The van der Waals surface area contributed by atoms with E-state index in [1.165, 1.54) is 0 Å². The molecule has 1 aliphatic carbocycles. The van der Waals surface area contributed by atoms with E-state index in [1.807, 2.05) is 19.1 Å². The normalized spacial score (nSPS) is 28.9. The first-order valence-corrected chi connectivity index (χ1v) is 12.1. The van der Waals surface area contributed by atoms with E-state index in [2.05, 4.69) is 31.6 Å². The first-order valence-electron chi connectivity index (χ1n) is 12.1. The van der Waals surface area contributed by atoms with Gasteiger partial charge in [-0.2, -0.15) is 0 Å². The number of fused-ring (bicyclic) bond motifs is 4. The molecule has 33 heavy (non-hydrogen) atoms. The molecule has 176 valence electrons. The molecule has 1 saturated carbocycles. The highest BCUT2D eigenvalue weighted by atomic mass is 16.2. The molecule has 9 heteroatoms. The molecule has 2 bridgehead atoms. The van der Waals surface area contributed by atoms with Crippen LogP contribution in [0.25, 0.3) is 10.9 Å². The number of nitrogens with two attached hydrogens (primary N) is 2. The number of piperidine rings is 3. The highest BCUT2D eigenvalue weighted by molar-refractivity contribution is 5.96. The van der Waals surface area contributed by atoms with Crippen molar-refractivity contribution in [3.8, 4) is 0 Å². The molecule has 1 aromatic carbocycles. The largest absolute Gasteiger partial charge is 0.370 e. The van der Waals surface area contributed by atoms with Gasteiger partial charge in [-0.3, -0.25) is 4.79 Å². The van der Waals surface area contributed by atoms with Gasteiger partial charge in [0.2, 0.25) is 5.82 Å². The van der Waals surface area contributed by atoms with Gasteiger partial charge in [0.25, 0.3) is 5.91 Å². The summed E-state index contributed by atoms with van der Waals surface area (Å²) in [6.45, 7) is 5.22. The van der Waals surface area contributed by atoms with Gasteiger partial charge in [-0.05, 0) is 63.7 Å². The molecule has 6 N–H and O–H groups in total. The second-order valence-corrected chi connectivity index (χ2v) is 9.79. The molecule has 4 heterocycles. The smallest absolute Gasteiger partial charge is 0.289 e. The quantitative estimate of drug-likeness (QED) is 0.403. The fourth-order valence-electron chi connectivity index (χ4n) is 5.62. The van der Waals surface area contributed by atoms with Crippen LogP contribution in [0.2, 0.25) is 0 Å². The van der Waals surface area contributed by atoms with E-state index in [1.54, 1.807) is 0 Å². The number of carbonyl (C=O) groups is 1. The van der Waals surface area contributed by atoms with E-state index < -0.39 is 0 Å². The van der Waals surface area contributed by atoms with Crippen LogP contribution in [0.1, 0.15) is 54.7 Å². The van der Waals surface area contributed by atoms with Crippen LogP contribution in [0.3, 0.4) is 0 Å². The number of aromatic nitrogens is 2. The van der Waals surface area contributed by atoms with E-state index in [0.717, 1.165) is 74.6 Å². The second-order valence-electron chi connectivity index (χ2n) is 9.79. The molecule has 4 fully saturated rings. The minimum atomic E-state index is -0.205. The Bertz CT molecular complexity index is 1060. The third-order valence-electron chi connectivity index (χ3n) is 7.39. The van der Waals surface area contributed by atoms with Crippen molar-refractivity contribution in [2.45, 2.75) is 63.6 Å². The van der Waals surface area contributed by atoms with Crippen LogP contribution < -0.4 is 22.1 Å². The van der Waals surface area contributed by atoms with Crippen molar-refractivity contribution in [1.29, 1.82) is 0 Å². The number of guanidine groups is 1. The number of amides is 1. The first kappa shape index (κ1) is 21.9. The van der Waals surface area contributed by atoms with E-state index in [0.29, 0.717) is 11.7 Å². The summed E-state index contributed by atoms with van der Waals surface area (Å²) in [5, 5.41) is 7.70. The number of aliphatic imine (C=N–C) groups is 1. The second kappa shape index (κ2) is 9.13. The lowest BCUT2D eigenvalue weighted by Gasteiger charge is -2.44. The zero-order valence-corrected chi connectivity index (χ0v) is 19.3. The fourth-order valence-corrected chi connectivity index (χ4v) is 5.62. The minimum absolute atomic E-state index is 0.0114. The molecule has 0 radical (unpaired) electrons. The molecule has 9 nitrogen and oxygen atoms in total. The van der Waals surface area contributed by atoms with E-state index in [9.17, 15) is 4.79 Å². The van der Waals surface area contributed by atoms with Gasteiger partial charge in [-0.1, -0.05) is 24.5 Å². The predicted molar refractivity (Wildman–Crippen MR) is 130 cm³/mol. The number of aryl methyl sites for hydroxylation is 1. The zero-order valence-electron chi connectivity index (χ0n) is 19.3. The van der Waals surface area contributed by atoms with Gasteiger partial charge >= 0.3 is 0 Å². The lowest BCUT2D eigenvalue weighted by Crippen LogP contribution is -2.57. The SMILES string of the molecule is Cc1ccc2nc(C(=O)NC3CN4CCC3CC4)nc(NC3CCCCC3N=C(N)N)c2c1. The van der Waals surface area contributed by atoms with Gasteiger partial charge in [-0.25, -0.2) is 15.0 Å². The van der Waals surface area contributed by atoms with Crippen molar-refractivity contribution in [3.63, 3.8) is 0 Å². The third-order valence-corrected chi connectivity index (χ3v) is 7.39. The van der Waals surface area contributed by atoms with Crippen molar-refractivity contribution >= 4 is 28.6 Å².